The Kier molecular flexibility index (Phi) is 4.68. The number of hydrogen-bond donors (Lipinski definition) is 2. The van der Waals surface area contributed by atoms with E-state index in [2.05, 4.69) is 15.3 Å². The van der Waals surface area contributed by atoms with Crippen LogP contribution in [0.1, 0.15) is 20.8 Å². The van der Waals surface area contributed by atoms with Crippen LogP contribution in [-0.4, -0.2) is 35.0 Å². The highest BCUT2D eigenvalue weighted by atomic mass is 16.2. The van der Waals surface area contributed by atoms with Crippen LogP contribution in [0.3, 0.4) is 0 Å². The van der Waals surface area contributed by atoms with E-state index in [1.54, 1.807) is 6.20 Å². The molecule has 0 atom stereocenters. The molecule has 0 aliphatic heterocycles. The monoisotopic (exact) mass is 237 g/mol. The van der Waals surface area contributed by atoms with Crippen LogP contribution >= 0.6 is 0 Å². The van der Waals surface area contributed by atoms with Crippen molar-refractivity contribution in [1.82, 2.24) is 15.3 Å². The number of nitrogens with two attached hydrogens (primary N) is 1. The zero-order valence-electron chi connectivity index (χ0n) is 10.5. The summed E-state index contributed by atoms with van der Waals surface area (Å²) >= 11 is 0. The lowest BCUT2D eigenvalue weighted by Crippen LogP contribution is -2.40. The van der Waals surface area contributed by atoms with E-state index in [1.807, 2.05) is 25.7 Å². The molecule has 0 bridgehead atoms. The second-order valence-corrected chi connectivity index (χ2v) is 4.04. The van der Waals surface area contributed by atoms with Crippen molar-refractivity contribution in [3.05, 3.63) is 12.4 Å². The number of nitrogens with one attached hydrogen (secondary N) is 1. The number of hydrogen-bond acceptors (Lipinski definition) is 5. The third-order valence-corrected chi connectivity index (χ3v) is 2.15. The second kappa shape index (κ2) is 6.03. The third kappa shape index (κ3) is 4.26. The number of rotatable bonds is 5. The fourth-order valence-electron chi connectivity index (χ4n) is 1.39. The molecule has 0 saturated carbocycles. The van der Waals surface area contributed by atoms with Gasteiger partial charge in [-0.05, 0) is 20.8 Å². The number of nitrogen functional groups attached to an aromatic ring is 1. The lowest BCUT2D eigenvalue weighted by atomic mass is 10.3. The Morgan fingerprint density at radius 2 is 2.18 bits per heavy atom. The fraction of sp³-hybridized carbons (Fsp3) is 0.545. The van der Waals surface area contributed by atoms with Gasteiger partial charge in [-0.1, -0.05) is 0 Å². The second-order valence-electron chi connectivity index (χ2n) is 4.04. The number of carbonyl (C=O) groups is 1. The Labute approximate surface area is 101 Å². The molecule has 0 aliphatic carbocycles. The summed E-state index contributed by atoms with van der Waals surface area (Å²) in [4.78, 5) is 21.6. The van der Waals surface area contributed by atoms with Crippen LogP contribution in [0.5, 0.6) is 0 Å². The van der Waals surface area contributed by atoms with Crippen molar-refractivity contribution in [3.8, 4) is 0 Å². The number of likely N-dealkylation sites (N-methyl/N-ethyl adjacent to an activating group) is 1. The molecule has 17 heavy (non-hydrogen) atoms. The largest absolute Gasteiger partial charge is 0.382 e. The Morgan fingerprint density at radius 1 is 1.47 bits per heavy atom. The van der Waals surface area contributed by atoms with Crippen LogP contribution in [0.4, 0.5) is 11.6 Å². The van der Waals surface area contributed by atoms with E-state index in [9.17, 15) is 4.79 Å². The summed E-state index contributed by atoms with van der Waals surface area (Å²) in [7, 11) is 0. The Hall–Kier alpha value is -1.85. The van der Waals surface area contributed by atoms with Gasteiger partial charge in [0.2, 0.25) is 5.91 Å². The molecule has 94 valence electrons. The normalized spacial score (nSPS) is 10.4. The van der Waals surface area contributed by atoms with Gasteiger partial charge in [-0.25, -0.2) is 9.97 Å². The lowest BCUT2D eigenvalue weighted by Gasteiger charge is -2.21. The quantitative estimate of drug-likeness (QED) is 0.775. The molecule has 0 spiro atoms. The van der Waals surface area contributed by atoms with Crippen LogP contribution in [-0.2, 0) is 4.79 Å². The summed E-state index contributed by atoms with van der Waals surface area (Å²) < 4.78 is 0. The van der Waals surface area contributed by atoms with Gasteiger partial charge in [0.05, 0.1) is 18.9 Å². The minimum atomic E-state index is -0.0273. The molecule has 1 rings (SSSR count). The van der Waals surface area contributed by atoms with Crippen LogP contribution in [0.2, 0.25) is 0 Å². The molecule has 1 amide bonds. The van der Waals surface area contributed by atoms with Crippen molar-refractivity contribution in [2.75, 3.05) is 23.7 Å². The summed E-state index contributed by atoms with van der Waals surface area (Å²) in [6.07, 6.45) is 3.06. The van der Waals surface area contributed by atoms with Gasteiger partial charge in [-0.15, -0.1) is 0 Å². The van der Waals surface area contributed by atoms with Gasteiger partial charge in [-0.3, -0.25) is 4.79 Å². The standard InChI is InChI=1S/C11H19N5O/c1-4-16(7-11(17)15-8(2)3)10-6-13-9(12)5-14-10/h5-6,8H,4,7H2,1-3H3,(H2,12,13)(H,15,17). The smallest absolute Gasteiger partial charge is 0.239 e. The zero-order chi connectivity index (χ0) is 12.8. The number of carbonyl (C=O) groups excluding carboxylic acids is 1. The first-order valence-electron chi connectivity index (χ1n) is 5.64. The topological polar surface area (TPSA) is 84.1 Å². The van der Waals surface area contributed by atoms with Gasteiger partial charge in [0.25, 0.3) is 0 Å². The van der Waals surface area contributed by atoms with Crippen LogP contribution in [0.25, 0.3) is 0 Å². The molecule has 0 radical (unpaired) electrons. The van der Waals surface area contributed by atoms with E-state index in [0.29, 0.717) is 18.2 Å². The summed E-state index contributed by atoms with van der Waals surface area (Å²) in [5, 5.41) is 2.84. The summed E-state index contributed by atoms with van der Waals surface area (Å²) in [5.41, 5.74) is 5.46. The molecule has 0 saturated heterocycles. The Morgan fingerprint density at radius 3 is 2.65 bits per heavy atom. The highest BCUT2D eigenvalue weighted by molar-refractivity contribution is 5.81. The van der Waals surface area contributed by atoms with E-state index in [4.69, 9.17) is 5.73 Å². The maximum Gasteiger partial charge on any atom is 0.239 e. The molecule has 1 aromatic heterocycles. The molecule has 6 nitrogen and oxygen atoms in total. The Balaban J connectivity index is 2.65. The number of amides is 1. The molecule has 1 heterocycles. The average Bonchev–Trinajstić information content (AvgIpc) is 2.26. The minimum Gasteiger partial charge on any atom is -0.382 e. The van der Waals surface area contributed by atoms with E-state index < -0.39 is 0 Å². The Bertz CT molecular complexity index is 363. The SMILES string of the molecule is CCN(CC(=O)NC(C)C)c1cnc(N)cn1. The lowest BCUT2D eigenvalue weighted by molar-refractivity contribution is -0.120. The van der Waals surface area contributed by atoms with Gasteiger partial charge in [-0.2, -0.15) is 0 Å². The first-order valence-corrected chi connectivity index (χ1v) is 5.64. The van der Waals surface area contributed by atoms with Crippen molar-refractivity contribution >= 4 is 17.5 Å². The number of nitrogens with zero attached hydrogens (tertiary/aromatic N) is 3. The molecule has 0 unspecified atom stereocenters. The molecule has 0 aromatic carbocycles. The number of anilines is 2. The van der Waals surface area contributed by atoms with E-state index in [0.717, 1.165) is 0 Å². The predicted molar refractivity (Wildman–Crippen MR) is 67.6 cm³/mol. The minimum absolute atomic E-state index is 0.0273. The molecule has 0 aliphatic rings. The van der Waals surface area contributed by atoms with Crippen molar-refractivity contribution in [2.24, 2.45) is 0 Å². The van der Waals surface area contributed by atoms with E-state index in [-0.39, 0.29) is 18.5 Å². The van der Waals surface area contributed by atoms with E-state index in [1.165, 1.54) is 6.20 Å². The van der Waals surface area contributed by atoms with Crippen molar-refractivity contribution in [2.45, 2.75) is 26.8 Å². The van der Waals surface area contributed by atoms with Crippen LogP contribution < -0.4 is 16.0 Å². The third-order valence-electron chi connectivity index (χ3n) is 2.15. The highest BCUT2D eigenvalue weighted by Gasteiger charge is 2.11. The molecule has 1 aromatic rings. The van der Waals surface area contributed by atoms with Gasteiger partial charge in [0, 0.05) is 12.6 Å². The van der Waals surface area contributed by atoms with Crippen molar-refractivity contribution < 1.29 is 4.79 Å². The van der Waals surface area contributed by atoms with Crippen molar-refractivity contribution in [3.63, 3.8) is 0 Å². The molecule has 3 N–H and O–H groups in total. The van der Waals surface area contributed by atoms with Gasteiger partial charge >= 0.3 is 0 Å². The van der Waals surface area contributed by atoms with Crippen LogP contribution in [0.15, 0.2) is 12.4 Å². The zero-order valence-corrected chi connectivity index (χ0v) is 10.5. The van der Waals surface area contributed by atoms with E-state index >= 15 is 0 Å². The number of aromatic nitrogens is 2. The first-order chi connectivity index (χ1) is 8.02. The molecular formula is C11H19N5O. The summed E-state index contributed by atoms with van der Waals surface area (Å²) in [6, 6.07) is 0.138. The fourth-order valence-corrected chi connectivity index (χ4v) is 1.39. The van der Waals surface area contributed by atoms with Crippen LogP contribution in [0, 0.1) is 0 Å². The molecular weight excluding hydrogens is 218 g/mol. The van der Waals surface area contributed by atoms with Gasteiger partial charge < -0.3 is 16.0 Å². The first kappa shape index (κ1) is 13.2. The summed E-state index contributed by atoms with van der Waals surface area (Å²) in [5.74, 6) is 0.998. The molecule has 0 fully saturated rings. The highest BCUT2D eigenvalue weighted by Crippen LogP contribution is 2.08. The molecule has 6 heteroatoms. The maximum absolute atomic E-state index is 11.6. The summed E-state index contributed by atoms with van der Waals surface area (Å²) in [6.45, 7) is 6.77. The van der Waals surface area contributed by atoms with Crippen molar-refractivity contribution in [1.29, 1.82) is 0 Å². The average molecular weight is 237 g/mol. The maximum atomic E-state index is 11.6. The predicted octanol–water partition coefficient (Wildman–Crippen LogP) is 0.410. The van der Waals surface area contributed by atoms with Gasteiger partial charge in [0.1, 0.15) is 11.6 Å². The van der Waals surface area contributed by atoms with Gasteiger partial charge in [0.15, 0.2) is 0 Å².